The lowest BCUT2D eigenvalue weighted by Crippen LogP contribution is -2.45. The van der Waals surface area contributed by atoms with Crippen LogP contribution in [0.5, 0.6) is 0 Å². The minimum atomic E-state index is -1.02. The Bertz CT molecular complexity index is 912. The first kappa shape index (κ1) is 19.0. The first-order valence-electron chi connectivity index (χ1n) is 9.67. The number of alkyl carbamates (subject to hydrolysis) is 1. The van der Waals surface area contributed by atoms with E-state index in [0.717, 1.165) is 22.3 Å². The van der Waals surface area contributed by atoms with Crippen LogP contribution in [0.3, 0.4) is 0 Å². The Balaban J connectivity index is 1.35. The molecule has 0 saturated carbocycles. The molecular weight excluding hydrogens is 372 g/mol. The summed E-state index contributed by atoms with van der Waals surface area (Å²) in [7, 11) is 0. The molecule has 1 saturated heterocycles. The van der Waals surface area contributed by atoms with Crippen molar-refractivity contribution in [2.45, 2.75) is 24.8 Å². The van der Waals surface area contributed by atoms with E-state index in [-0.39, 0.29) is 19.1 Å². The zero-order chi connectivity index (χ0) is 20.4. The summed E-state index contributed by atoms with van der Waals surface area (Å²) in [6, 6.07) is 15.3. The molecule has 2 amide bonds. The van der Waals surface area contributed by atoms with Gasteiger partial charge in [-0.15, -0.1) is 0 Å². The molecule has 2 N–H and O–H groups in total. The van der Waals surface area contributed by atoms with Gasteiger partial charge in [0.05, 0.1) is 0 Å². The van der Waals surface area contributed by atoms with E-state index in [1.54, 1.807) is 0 Å². The number of rotatable bonds is 5. The number of hydrogen-bond acceptors (Lipinski definition) is 4. The van der Waals surface area contributed by atoms with Gasteiger partial charge in [0.1, 0.15) is 19.2 Å². The number of carboxylic acids is 1. The summed E-state index contributed by atoms with van der Waals surface area (Å²) in [4.78, 5) is 36.9. The second-order valence-corrected chi connectivity index (χ2v) is 7.26. The van der Waals surface area contributed by atoms with Crippen LogP contribution in [-0.4, -0.2) is 53.7 Å². The fraction of sp³-hybridized carbons (Fsp3) is 0.318. The Hall–Kier alpha value is -3.35. The molecule has 1 aliphatic heterocycles. The number of aliphatic carboxylic acids is 1. The van der Waals surface area contributed by atoms with Crippen LogP contribution in [0.25, 0.3) is 11.1 Å². The third kappa shape index (κ3) is 3.68. The quantitative estimate of drug-likeness (QED) is 0.813. The molecular formula is C22H22N2O5. The summed E-state index contributed by atoms with van der Waals surface area (Å²) in [5.74, 6) is -1.49. The van der Waals surface area contributed by atoms with Gasteiger partial charge < -0.3 is 20.1 Å². The Kier molecular flexibility index (Phi) is 5.20. The summed E-state index contributed by atoms with van der Waals surface area (Å²) in [5.41, 5.74) is 4.50. The van der Waals surface area contributed by atoms with E-state index in [1.807, 2.05) is 36.4 Å². The van der Waals surface area contributed by atoms with Crippen LogP contribution in [0.1, 0.15) is 29.9 Å². The lowest BCUT2D eigenvalue weighted by atomic mass is 9.98. The average molecular weight is 394 g/mol. The van der Waals surface area contributed by atoms with Gasteiger partial charge in [-0.3, -0.25) is 4.79 Å². The highest BCUT2D eigenvalue weighted by Gasteiger charge is 2.34. The standard InChI is InChI=1S/C22H22N2O5/c25-20(24-11-5-10-19(24)21(26)27)12-23-22(28)29-13-18-16-8-3-1-6-14(16)15-7-2-4-9-17(15)18/h1-4,6-9,18-19H,5,10-13H2,(H,23,28)(H,26,27)/t19-/m1/s1. The van der Waals surface area contributed by atoms with Gasteiger partial charge in [0.15, 0.2) is 0 Å². The molecule has 7 nitrogen and oxygen atoms in total. The second kappa shape index (κ2) is 7.95. The number of amides is 2. The summed E-state index contributed by atoms with van der Waals surface area (Å²) >= 11 is 0. The van der Waals surface area contributed by atoms with E-state index in [9.17, 15) is 14.4 Å². The normalized spacial score (nSPS) is 17.5. The minimum Gasteiger partial charge on any atom is -0.480 e. The number of fused-ring (bicyclic) bond motifs is 3. The van der Waals surface area contributed by atoms with E-state index >= 15 is 0 Å². The average Bonchev–Trinajstić information content (AvgIpc) is 3.34. The van der Waals surface area contributed by atoms with E-state index < -0.39 is 24.0 Å². The number of likely N-dealkylation sites (tertiary alicyclic amines) is 1. The van der Waals surface area contributed by atoms with Crippen LogP contribution >= 0.6 is 0 Å². The third-order valence-electron chi connectivity index (χ3n) is 5.59. The topological polar surface area (TPSA) is 95.9 Å². The highest BCUT2D eigenvalue weighted by molar-refractivity contribution is 5.87. The number of carboxylic acid groups (broad SMARTS) is 1. The fourth-order valence-corrected chi connectivity index (χ4v) is 4.22. The maximum atomic E-state index is 12.2. The summed E-state index contributed by atoms with van der Waals surface area (Å²) in [5, 5.41) is 11.6. The number of hydrogen-bond donors (Lipinski definition) is 2. The van der Waals surface area contributed by atoms with E-state index in [4.69, 9.17) is 9.84 Å². The van der Waals surface area contributed by atoms with Gasteiger partial charge in [-0.05, 0) is 35.1 Å². The number of nitrogens with one attached hydrogen (secondary N) is 1. The molecule has 150 valence electrons. The molecule has 0 unspecified atom stereocenters. The van der Waals surface area contributed by atoms with Crippen LogP contribution in [-0.2, 0) is 14.3 Å². The largest absolute Gasteiger partial charge is 0.480 e. The van der Waals surface area contributed by atoms with Gasteiger partial charge in [-0.2, -0.15) is 0 Å². The highest BCUT2D eigenvalue weighted by Crippen LogP contribution is 2.44. The van der Waals surface area contributed by atoms with Crippen LogP contribution in [0, 0.1) is 0 Å². The Morgan fingerprint density at radius 1 is 1.03 bits per heavy atom. The van der Waals surface area contributed by atoms with Crippen molar-refractivity contribution < 1.29 is 24.2 Å². The van der Waals surface area contributed by atoms with Gasteiger partial charge in [0.25, 0.3) is 0 Å². The van der Waals surface area contributed by atoms with Crippen molar-refractivity contribution in [3.63, 3.8) is 0 Å². The number of nitrogens with zero attached hydrogens (tertiary/aromatic N) is 1. The molecule has 1 heterocycles. The molecule has 0 bridgehead atoms. The van der Waals surface area contributed by atoms with Crippen LogP contribution in [0.15, 0.2) is 48.5 Å². The summed E-state index contributed by atoms with van der Waals surface area (Å²) < 4.78 is 5.39. The molecule has 2 aliphatic rings. The SMILES string of the molecule is O=C(NCC(=O)N1CCC[C@@H]1C(=O)O)OCC1c2ccccc2-c2ccccc21. The smallest absolute Gasteiger partial charge is 0.407 e. The number of benzene rings is 2. The molecule has 29 heavy (non-hydrogen) atoms. The van der Waals surface area contributed by atoms with Crippen LogP contribution in [0.2, 0.25) is 0 Å². The first-order valence-corrected chi connectivity index (χ1v) is 9.67. The lowest BCUT2D eigenvalue weighted by Gasteiger charge is -2.21. The van der Waals surface area contributed by atoms with Crippen molar-refractivity contribution in [3.05, 3.63) is 59.7 Å². The molecule has 2 aromatic carbocycles. The van der Waals surface area contributed by atoms with Gasteiger partial charge >= 0.3 is 12.1 Å². The fourth-order valence-electron chi connectivity index (χ4n) is 4.22. The molecule has 0 aromatic heterocycles. The third-order valence-corrected chi connectivity index (χ3v) is 5.59. The van der Waals surface area contributed by atoms with Crippen molar-refractivity contribution in [3.8, 4) is 11.1 Å². The van der Waals surface area contributed by atoms with Gasteiger partial charge in [0.2, 0.25) is 5.91 Å². The minimum absolute atomic E-state index is 0.0566. The molecule has 2 aromatic rings. The summed E-state index contributed by atoms with van der Waals surface area (Å²) in [6.07, 6.45) is 0.394. The molecule has 1 atom stereocenters. The maximum Gasteiger partial charge on any atom is 0.407 e. The predicted molar refractivity (Wildman–Crippen MR) is 105 cm³/mol. The summed E-state index contributed by atoms with van der Waals surface area (Å²) in [6.45, 7) is 0.276. The number of ether oxygens (including phenoxy) is 1. The van der Waals surface area contributed by atoms with Crippen molar-refractivity contribution in [2.75, 3.05) is 19.7 Å². The predicted octanol–water partition coefficient (Wildman–Crippen LogP) is 2.60. The van der Waals surface area contributed by atoms with Crippen LogP contribution < -0.4 is 5.32 Å². The molecule has 0 radical (unpaired) electrons. The van der Waals surface area contributed by atoms with Gasteiger partial charge in [-0.1, -0.05) is 48.5 Å². The molecule has 1 fully saturated rings. The number of carbonyl (C=O) groups is 3. The van der Waals surface area contributed by atoms with Gasteiger partial charge in [0, 0.05) is 12.5 Å². The first-order chi connectivity index (χ1) is 14.1. The molecule has 4 rings (SSSR count). The monoisotopic (exact) mass is 394 g/mol. The van der Waals surface area contributed by atoms with Crippen molar-refractivity contribution in [2.24, 2.45) is 0 Å². The van der Waals surface area contributed by atoms with Crippen molar-refractivity contribution >= 4 is 18.0 Å². The van der Waals surface area contributed by atoms with E-state index in [2.05, 4.69) is 17.4 Å². The molecule has 1 aliphatic carbocycles. The highest BCUT2D eigenvalue weighted by atomic mass is 16.5. The van der Waals surface area contributed by atoms with Crippen molar-refractivity contribution in [1.82, 2.24) is 10.2 Å². The van der Waals surface area contributed by atoms with Gasteiger partial charge in [-0.25, -0.2) is 9.59 Å². The second-order valence-electron chi connectivity index (χ2n) is 7.26. The van der Waals surface area contributed by atoms with E-state index in [0.29, 0.717) is 19.4 Å². The zero-order valence-corrected chi connectivity index (χ0v) is 15.8. The van der Waals surface area contributed by atoms with Crippen molar-refractivity contribution in [1.29, 1.82) is 0 Å². The Morgan fingerprint density at radius 2 is 1.66 bits per heavy atom. The van der Waals surface area contributed by atoms with E-state index in [1.165, 1.54) is 4.90 Å². The maximum absolute atomic E-state index is 12.2. The lowest BCUT2D eigenvalue weighted by molar-refractivity contribution is -0.147. The molecule has 0 spiro atoms. The zero-order valence-electron chi connectivity index (χ0n) is 15.8. The number of carbonyl (C=O) groups excluding carboxylic acids is 2. The Morgan fingerprint density at radius 3 is 2.28 bits per heavy atom. The van der Waals surface area contributed by atoms with Crippen LogP contribution in [0.4, 0.5) is 4.79 Å². The molecule has 7 heteroatoms. The Labute approximate surface area is 168 Å².